The van der Waals surface area contributed by atoms with Gasteiger partial charge in [-0.2, -0.15) is 10.5 Å². The van der Waals surface area contributed by atoms with E-state index >= 15 is 0 Å². The van der Waals surface area contributed by atoms with Crippen LogP contribution in [0.4, 0.5) is 11.4 Å². The van der Waals surface area contributed by atoms with Crippen LogP contribution < -0.4 is 26.8 Å². The Hall–Kier alpha value is -4.21. The average Bonchev–Trinajstić information content (AvgIpc) is 2.77. The molecule has 0 atom stereocenters. The first-order chi connectivity index (χ1) is 14.8. The molecule has 4 N–H and O–H groups in total. The molecule has 0 spiro atoms. The molecule has 0 saturated heterocycles. The van der Waals surface area contributed by atoms with Gasteiger partial charge in [-0.1, -0.05) is 0 Å². The maximum absolute atomic E-state index is 12.4. The first-order valence-electron chi connectivity index (χ1n) is 9.60. The number of rotatable bonds is 7. The summed E-state index contributed by atoms with van der Waals surface area (Å²) in [6, 6.07) is 12.2. The smallest absolute Gasteiger partial charge is 0.352 e. The van der Waals surface area contributed by atoms with Crippen molar-refractivity contribution < 1.29 is 19.2 Å². The highest BCUT2D eigenvalue weighted by molar-refractivity contribution is 5.97. The number of amides is 1. The number of carbonyl (C=O) groups is 1. The third kappa shape index (κ3) is 4.69. The van der Waals surface area contributed by atoms with Crippen LogP contribution in [0.2, 0.25) is 0 Å². The lowest BCUT2D eigenvalue weighted by atomic mass is 10.1. The molecule has 0 aliphatic carbocycles. The lowest BCUT2D eigenvalue weighted by Gasteiger charge is -2.20. The van der Waals surface area contributed by atoms with Crippen molar-refractivity contribution in [1.82, 2.24) is 5.43 Å². The molecule has 3 rings (SSSR count). The summed E-state index contributed by atoms with van der Waals surface area (Å²) < 4.78 is 5.42. The van der Waals surface area contributed by atoms with E-state index in [1.54, 1.807) is 12.1 Å². The number of hydrogen-bond acceptors (Lipinski definition) is 6. The van der Waals surface area contributed by atoms with Gasteiger partial charge in [-0.3, -0.25) is 20.6 Å². The minimum absolute atomic E-state index is 0.0621. The van der Waals surface area contributed by atoms with Crippen LogP contribution in [-0.2, 0) is 0 Å². The number of benzene rings is 2. The summed E-state index contributed by atoms with van der Waals surface area (Å²) in [5.74, 6) is -0.675. The summed E-state index contributed by atoms with van der Waals surface area (Å²) >= 11 is 0. The Morgan fingerprint density at radius 2 is 1.84 bits per heavy atom. The molecule has 10 heteroatoms. The zero-order chi connectivity index (χ0) is 22.5. The predicted octanol–water partition coefficient (Wildman–Crippen LogP) is 0.678. The fraction of sp³-hybridized carbons (Fsp3) is 0.190. The number of hydrazine groups is 1. The minimum Gasteiger partial charge on any atom is -0.422 e. The highest BCUT2D eigenvalue weighted by Crippen LogP contribution is 2.21. The van der Waals surface area contributed by atoms with E-state index in [1.807, 2.05) is 26.0 Å². The van der Waals surface area contributed by atoms with Crippen molar-refractivity contribution >= 4 is 34.1 Å². The zero-order valence-electron chi connectivity index (χ0n) is 17.0. The molecule has 31 heavy (non-hydrogen) atoms. The average molecular weight is 424 g/mol. The molecular formula is C21H22N5O5+. The standard InChI is InChI=1S/C21H21N5O5/c1-3-25(4-2)16-10-7-14-11-17(21(28)31-18(14)12-16)19(22)23-24-20(27)13-5-8-15(9-6-13)26(29)30/h5-12H,3-4H2,1-2H3,(H2,22,23)(H,24,27)/p+1. The zero-order valence-corrected chi connectivity index (χ0v) is 17.0. The number of hydrazone groups is 1. The highest BCUT2D eigenvalue weighted by Gasteiger charge is 2.16. The number of anilines is 1. The van der Waals surface area contributed by atoms with Gasteiger partial charge in [0.25, 0.3) is 11.6 Å². The number of carbonyl (C=O) groups excluding carboxylic acids is 1. The fourth-order valence-corrected chi connectivity index (χ4v) is 3.07. The van der Waals surface area contributed by atoms with Gasteiger partial charge in [-0.15, -0.1) is 0 Å². The van der Waals surface area contributed by atoms with Gasteiger partial charge in [-0.05, 0) is 44.2 Å². The van der Waals surface area contributed by atoms with E-state index in [-0.39, 0.29) is 22.6 Å². The largest absolute Gasteiger partial charge is 0.422 e. The molecule has 0 aliphatic heterocycles. The van der Waals surface area contributed by atoms with Gasteiger partial charge < -0.3 is 9.32 Å². The second kappa shape index (κ2) is 9.08. The Balaban J connectivity index is 1.83. The summed E-state index contributed by atoms with van der Waals surface area (Å²) in [6.07, 6.45) is 0. The quantitative estimate of drug-likeness (QED) is 0.166. The summed E-state index contributed by atoms with van der Waals surface area (Å²) in [4.78, 5) is 36.9. The lowest BCUT2D eigenvalue weighted by molar-refractivity contribution is -0.508. The van der Waals surface area contributed by atoms with Crippen LogP contribution in [-0.4, -0.2) is 29.8 Å². The Morgan fingerprint density at radius 1 is 1.16 bits per heavy atom. The maximum atomic E-state index is 12.4. The number of nitrogens with two attached hydrogens (primary N) is 1. The summed E-state index contributed by atoms with van der Waals surface area (Å²) in [5, 5.41) is 13.9. The van der Waals surface area contributed by atoms with Crippen LogP contribution in [0, 0.1) is 10.1 Å². The number of hydrogen-bond donors (Lipinski definition) is 3. The monoisotopic (exact) mass is 424 g/mol. The number of nitrogens with zero attached hydrogens (tertiary/aromatic N) is 2. The topological polar surface area (TPSA) is 146 Å². The van der Waals surface area contributed by atoms with Crippen molar-refractivity contribution in [3.8, 4) is 0 Å². The van der Waals surface area contributed by atoms with Gasteiger partial charge in [0.2, 0.25) is 0 Å². The van der Waals surface area contributed by atoms with Gasteiger partial charge in [0, 0.05) is 47.9 Å². The highest BCUT2D eigenvalue weighted by atomic mass is 16.6. The van der Waals surface area contributed by atoms with Gasteiger partial charge in [0.1, 0.15) is 5.58 Å². The van der Waals surface area contributed by atoms with Crippen molar-refractivity contribution in [2.75, 3.05) is 18.0 Å². The van der Waals surface area contributed by atoms with Crippen molar-refractivity contribution in [2.45, 2.75) is 13.8 Å². The van der Waals surface area contributed by atoms with E-state index in [9.17, 15) is 19.7 Å². The maximum Gasteiger partial charge on any atom is 0.352 e. The van der Waals surface area contributed by atoms with Crippen molar-refractivity contribution in [3.63, 3.8) is 0 Å². The van der Waals surface area contributed by atoms with E-state index in [0.29, 0.717) is 11.0 Å². The van der Waals surface area contributed by atoms with Gasteiger partial charge in [0.15, 0.2) is 5.56 Å². The third-order valence-electron chi connectivity index (χ3n) is 4.79. The summed E-state index contributed by atoms with van der Waals surface area (Å²) in [6.45, 7) is 5.73. The molecule has 0 saturated carbocycles. The van der Waals surface area contributed by atoms with E-state index in [1.165, 1.54) is 24.3 Å². The molecule has 2 aromatic carbocycles. The second-order valence-electron chi connectivity index (χ2n) is 6.64. The summed E-state index contributed by atoms with van der Waals surface area (Å²) in [5.41, 5.74) is 9.12. The van der Waals surface area contributed by atoms with Gasteiger partial charge in [0.05, 0.1) is 4.92 Å². The van der Waals surface area contributed by atoms with Crippen LogP contribution in [0.25, 0.3) is 11.0 Å². The Kier molecular flexibility index (Phi) is 6.29. The number of non-ortho nitro benzene ring substituents is 1. The number of fused-ring (bicyclic) bond motifs is 1. The van der Waals surface area contributed by atoms with Crippen molar-refractivity contribution in [2.24, 2.45) is 5.73 Å². The molecule has 0 aliphatic rings. The van der Waals surface area contributed by atoms with Crippen LogP contribution in [0.1, 0.15) is 29.8 Å². The lowest BCUT2D eigenvalue weighted by Crippen LogP contribution is -2.86. The van der Waals surface area contributed by atoms with E-state index in [0.717, 1.165) is 18.8 Å². The van der Waals surface area contributed by atoms with Crippen LogP contribution in [0.15, 0.2) is 57.7 Å². The van der Waals surface area contributed by atoms with Crippen LogP contribution in [0.3, 0.4) is 0 Å². The van der Waals surface area contributed by atoms with Crippen molar-refractivity contribution in [3.05, 3.63) is 80.2 Å². The number of nitrogens with one attached hydrogen (secondary N) is 2. The second-order valence-corrected chi connectivity index (χ2v) is 6.64. The predicted molar refractivity (Wildman–Crippen MR) is 116 cm³/mol. The number of nitro benzene ring substituents is 1. The third-order valence-corrected chi connectivity index (χ3v) is 4.79. The molecule has 160 valence electrons. The molecule has 1 aromatic heterocycles. The summed E-state index contributed by atoms with van der Waals surface area (Å²) in [7, 11) is 0. The number of nitrogen functional groups attached to an aromatic ring is 1. The molecule has 1 amide bonds. The molecule has 0 bridgehead atoms. The SMILES string of the molecule is CCN(CC)c1ccc2cc(C(N)=[NH+]NC(=O)c3ccc([N+](=O)[O-])cc3)c(=O)oc2c1. The van der Waals surface area contributed by atoms with Crippen molar-refractivity contribution in [1.29, 1.82) is 0 Å². The molecule has 0 fully saturated rings. The minimum atomic E-state index is -0.654. The molecular weight excluding hydrogens is 402 g/mol. The Labute approximate surface area is 177 Å². The fourth-order valence-electron chi connectivity index (χ4n) is 3.07. The Bertz CT molecular complexity index is 1210. The van der Waals surface area contributed by atoms with Crippen LogP contribution >= 0.6 is 0 Å². The first-order valence-corrected chi connectivity index (χ1v) is 9.60. The van der Waals surface area contributed by atoms with Gasteiger partial charge in [-0.25, -0.2) is 4.79 Å². The molecule has 10 nitrogen and oxygen atoms in total. The molecule has 0 radical (unpaired) electrons. The van der Waals surface area contributed by atoms with E-state index < -0.39 is 16.5 Å². The van der Waals surface area contributed by atoms with Gasteiger partial charge >= 0.3 is 11.5 Å². The molecule has 3 aromatic rings. The van der Waals surface area contributed by atoms with E-state index in [4.69, 9.17) is 10.2 Å². The molecule has 1 heterocycles. The number of amidine groups is 1. The number of nitro groups is 1. The normalized spacial score (nSPS) is 11.4. The van der Waals surface area contributed by atoms with E-state index in [2.05, 4.69) is 15.4 Å². The van der Waals surface area contributed by atoms with Crippen LogP contribution in [0.5, 0.6) is 0 Å². The Morgan fingerprint density at radius 3 is 2.45 bits per heavy atom. The molecule has 0 unspecified atom stereocenters. The first kappa shape index (κ1) is 21.5.